The molecule has 1 N–H and O–H groups in total. The van der Waals surface area contributed by atoms with E-state index >= 15 is 0 Å². The van der Waals surface area contributed by atoms with Crippen molar-refractivity contribution in [2.24, 2.45) is 0 Å². The number of nitrogens with one attached hydrogen (secondary N) is 1. The van der Waals surface area contributed by atoms with Crippen LogP contribution in [-0.2, 0) is 24.5 Å². The third-order valence-electron chi connectivity index (χ3n) is 2.17. The molecule has 0 amide bonds. The Morgan fingerprint density at radius 1 is 1.43 bits per heavy atom. The van der Waals surface area contributed by atoms with Crippen LogP contribution in [0, 0.1) is 0 Å². The molecule has 1 aliphatic heterocycles. The van der Waals surface area contributed by atoms with E-state index < -0.39 is 0 Å². The molecule has 0 atom stereocenters. The third kappa shape index (κ3) is 1.75. The second-order valence-corrected chi connectivity index (χ2v) is 3.88. The van der Waals surface area contributed by atoms with Crippen LogP contribution in [0.1, 0.15) is 17.0 Å². The molecule has 0 spiro atoms. The Kier molecular flexibility index (Phi) is 3.00. The van der Waals surface area contributed by atoms with Crippen LogP contribution in [-0.4, -0.2) is 23.3 Å². The second-order valence-electron chi connectivity index (χ2n) is 3.11. The Balaban J connectivity index is 2.41. The lowest BCUT2D eigenvalue weighted by Gasteiger charge is -2.06. The molecule has 0 saturated carbocycles. The van der Waals surface area contributed by atoms with Crippen molar-refractivity contribution in [1.29, 1.82) is 0 Å². The first-order valence-electron chi connectivity index (χ1n) is 4.50. The van der Waals surface area contributed by atoms with E-state index in [0.717, 1.165) is 28.7 Å². The van der Waals surface area contributed by atoms with Gasteiger partial charge < -0.3 is 10.1 Å². The van der Waals surface area contributed by atoms with Crippen LogP contribution in [0.4, 0.5) is 0 Å². The summed E-state index contributed by atoms with van der Waals surface area (Å²) < 4.78 is 5.36. The Bertz CT molecular complexity index is 343. The summed E-state index contributed by atoms with van der Waals surface area (Å²) in [6.45, 7) is 2.06. The SMILES string of the molecule is CNCc1nc(SC)nc2c1COC2. The molecule has 2 heterocycles. The zero-order valence-corrected chi connectivity index (χ0v) is 9.15. The average molecular weight is 211 g/mol. The van der Waals surface area contributed by atoms with Crippen LogP contribution in [0.15, 0.2) is 5.16 Å². The highest BCUT2D eigenvalue weighted by Gasteiger charge is 2.18. The Labute approximate surface area is 87.5 Å². The van der Waals surface area contributed by atoms with Crippen molar-refractivity contribution in [3.05, 3.63) is 17.0 Å². The van der Waals surface area contributed by atoms with Gasteiger partial charge in [-0.3, -0.25) is 0 Å². The van der Waals surface area contributed by atoms with Gasteiger partial charge in [0.25, 0.3) is 0 Å². The molecule has 5 heteroatoms. The molecule has 14 heavy (non-hydrogen) atoms. The first kappa shape index (κ1) is 9.89. The van der Waals surface area contributed by atoms with Crippen LogP contribution in [0.3, 0.4) is 0 Å². The number of fused-ring (bicyclic) bond motifs is 1. The van der Waals surface area contributed by atoms with Crippen LogP contribution in [0.2, 0.25) is 0 Å². The molecular formula is C9H13N3OS. The van der Waals surface area contributed by atoms with E-state index in [1.165, 1.54) is 0 Å². The van der Waals surface area contributed by atoms with Gasteiger partial charge in [0, 0.05) is 12.1 Å². The van der Waals surface area contributed by atoms with E-state index in [2.05, 4.69) is 15.3 Å². The highest BCUT2D eigenvalue weighted by Crippen LogP contribution is 2.23. The van der Waals surface area contributed by atoms with E-state index in [1.54, 1.807) is 11.8 Å². The Morgan fingerprint density at radius 3 is 3.00 bits per heavy atom. The van der Waals surface area contributed by atoms with Crippen LogP contribution < -0.4 is 5.32 Å². The fourth-order valence-electron chi connectivity index (χ4n) is 1.50. The molecule has 4 nitrogen and oxygen atoms in total. The van der Waals surface area contributed by atoms with Crippen molar-refractivity contribution in [3.8, 4) is 0 Å². The van der Waals surface area contributed by atoms with Crippen molar-refractivity contribution in [2.45, 2.75) is 24.9 Å². The predicted molar refractivity (Wildman–Crippen MR) is 55.1 cm³/mol. The molecule has 0 aromatic carbocycles. The van der Waals surface area contributed by atoms with Gasteiger partial charge in [-0.25, -0.2) is 9.97 Å². The summed E-state index contributed by atoms with van der Waals surface area (Å²) in [6.07, 6.45) is 1.99. The molecule has 0 bridgehead atoms. The smallest absolute Gasteiger partial charge is 0.187 e. The van der Waals surface area contributed by atoms with E-state index in [4.69, 9.17) is 4.74 Å². The van der Waals surface area contributed by atoms with Crippen molar-refractivity contribution < 1.29 is 4.74 Å². The summed E-state index contributed by atoms with van der Waals surface area (Å²) in [5.74, 6) is 0. The molecule has 1 aromatic rings. The summed E-state index contributed by atoms with van der Waals surface area (Å²) in [7, 11) is 1.92. The van der Waals surface area contributed by atoms with E-state index in [-0.39, 0.29) is 0 Å². The van der Waals surface area contributed by atoms with Crippen molar-refractivity contribution in [2.75, 3.05) is 13.3 Å². The number of hydrogen-bond donors (Lipinski definition) is 1. The molecular weight excluding hydrogens is 198 g/mol. The van der Waals surface area contributed by atoms with Crippen molar-refractivity contribution >= 4 is 11.8 Å². The van der Waals surface area contributed by atoms with Gasteiger partial charge in [-0.2, -0.15) is 0 Å². The molecule has 0 fully saturated rings. The standard InChI is InChI=1S/C9H13N3OS/c1-10-3-7-6-4-13-5-8(6)12-9(11-7)14-2/h10H,3-5H2,1-2H3. The predicted octanol–water partition coefficient (Wildman–Crippen LogP) is 0.948. The van der Waals surface area contributed by atoms with E-state index in [0.29, 0.717) is 13.2 Å². The van der Waals surface area contributed by atoms with Gasteiger partial charge in [0.05, 0.1) is 24.6 Å². The largest absolute Gasteiger partial charge is 0.370 e. The quantitative estimate of drug-likeness (QED) is 0.596. The number of nitrogens with zero attached hydrogens (tertiary/aromatic N) is 2. The lowest BCUT2D eigenvalue weighted by molar-refractivity contribution is 0.132. The fourth-order valence-corrected chi connectivity index (χ4v) is 1.90. The maximum Gasteiger partial charge on any atom is 0.187 e. The molecule has 0 saturated heterocycles. The maximum atomic E-state index is 5.36. The molecule has 76 valence electrons. The fraction of sp³-hybridized carbons (Fsp3) is 0.556. The minimum atomic E-state index is 0.627. The maximum absolute atomic E-state index is 5.36. The van der Waals surface area contributed by atoms with E-state index in [9.17, 15) is 0 Å². The lowest BCUT2D eigenvalue weighted by Crippen LogP contribution is -2.11. The van der Waals surface area contributed by atoms with Gasteiger partial charge in [0.1, 0.15) is 0 Å². The first-order valence-corrected chi connectivity index (χ1v) is 5.72. The van der Waals surface area contributed by atoms with Crippen LogP contribution in [0.25, 0.3) is 0 Å². The third-order valence-corrected chi connectivity index (χ3v) is 2.72. The lowest BCUT2D eigenvalue weighted by atomic mass is 10.2. The average Bonchev–Trinajstić information content (AvgIpc) is 2.66. The van der Waals surface area contributed by atoms with Gasteiger partial charge in [0.15, 0.2) is 5.16 Å². The summed E-state index contributed by atoms with van der Waals surface area (Å²) >= 11 is 1.57. The zero-order chi connectivity index (χ0) is 9.97. The summed E-state index contributed by atoms with van der Waals surface area (Å²) in [5.41, 5.74) is 3.28. The Morgan fingerprint density at radius 2 is 2.29 bits per heavy atom. The summed E-state index contributed by atoms with van der Waals surface area (Å²) in [5, 5.41) is 3.94. The van der Waals surface area contributed by atoms with Crippen molar-refractivity contribution in [1.82, 2.24) is 15.3 Å². The summed E-state index contributed by atoms with van der Waals surface area (Å²) in [6, 6.07) is 0. The minimum Gasteiger partial charge on any atom is -0.370 e. The minimum absolute atomic E-state index is 0.627. The van der Waals surface area contributed by atoms with E-state index in [1.807, 2.05) is 13.3 Å². The topological polar surface area (TPSA) is 47.0 Å². The van der Waals surface area contributed by atoms with Crippen LogP contribution in [0.5, 0.6) is 0 Å². The number of hydrogen-bond acceptors (Lipinski definition) is 5. The molecule has 1 aliphatic rings. The van der Waals surface area contributed by atoms with Gasteiger partial charge >= 0.3 is 0 Å². The summed E-state index contributed by atoms with van der Waals surface area (Å²) in [4.78, 5) is 8.88. The van der Waals surface area contributed by atoms with Crippen LogP contribution >= 0.6 is 11.8 Å². The van der Waals surface area contributed by atoms with Gasteiger partial charge in [0.2, 0.25) is 0 Å². The van der Waals surface area contributed by atoms with Gasteiger partial charge in [-0.05, 0) is 13.3 Å². The van der Waals surface area contributed by atoms with Gasteiger partial charge in [-0.15, -0.1) is 0 Å². The second kappa shape index (κ2) is 4.25. The molecule has 0 unspecified atom stereocenters. The van der Waals surface area contributed by atoms with Gasteiger partial charge in [-0.1, -0.05) is 11.8 Å². The highest BCUT2D eigenvalue weighted by atomic mass is 32.2. The first-order chi connectivity index (χ1) is 6.85. The molecule has 2 rings (SSSR count). The zero-order valence-electron chi connectivity index (χ0n) is 8.33. The number of ether oxygens (including phenoxy) is 1. The molecule has 0 radical (unpaired) electrons. The normalized spacial score (nSPS) is 14.4. The molecule has 0 aliphatic carbocycles. The monoisotopic (exact) mass is 211 g/mol. The number of rotatable bonds is 3. The Hall–Kier alpha value is -0.650. The highest BCUT2D eigenvalue weighted by molar-refractivity contribution is 7.98. The molecule has 1 aromatic heterocycles. The number of thioether (sulfide) groups is 1. The number of aromatic nitrogens is 2. The van der Waals surface area contributed by atoms with Crippen molar-refractivity contribution in [3.63, 3.8) is 0 Å².